The van der Waals surface area contributed by atoms with Crippen molar-refractivity contribution in [2.75, 3.05) is 0 Å². The Labute approximate surface area is 124 Å². The fraction of sp³-hybridized carbons (Fsp3) is 0.375. The molecular formula is C16H21N5. The van der Waals surface area contributed by atoms with E-state index in [1.165, 1.54) is 16.5 Å². The van der Waals surface area contributed by atoms with Crippen LogP contribution >= 0.6 is 0 Å². The molecule has 3 aromatic rings. The molecule has 3 aromatic heterocycles. The molecular weight excluding hydrogens is 262 g/mol. The van der Waals surface area contributed by atoms with Gasteiger partial charge in [-0.25, -0.2) is 4.98 Å². The molecule has 3 heterocycles. The molecule has 0 aliphatic carbocycles. The van der Waals surface area contributed by atoms with Gasteiger partial charge in [-0.05, 0) is 17.7 Å². The largest absolute Gasteiger partial charge is 0.328 e. The van der Waals surface area contributed by atoms with Crippen LogP contribution in [-0.4, -0.2) is 25.4 Å². The van der Waals surface area contributed by atoms with E-state index in [-0.39, 0.29) is 0 Å². The Kier molecular flexibility index (Phi) is 3.75. The summed E-state index contributed by atoms with van der Waals surface area (Å²) < 4.78 is 4.03. The number of rotatable bonds is 5. The quantitative estimate of drug-likeness (QED) is 0.781. The van der Waals surface area contributed by atoms with Gasteiger partial charge in [-0.3, -0.25) is 4.68 Å². The van der Waals surface area contributed by atoms with Crippen LogP contribution in [-0.2, 0) is 20.1 Å². The number of pyridine rings is 1. The molecule has 5 heteroatoms. The first-order valence-electron chi connectivity index (χ1n) is 7.27. The SMILES string of the molecule is CC(C)NCc1cn(Cc2cnn(C)c2)c2ncccc12. The lowest BCUT2D eigenvalue weighted by Gasteiger charge is -2.06. The molecule has 0 spiro atoms. The van der Waals surface area contributed by atoms with Crippen molar-refractivity contribution in [1.29, 1.82) is 0 Å². The van der Waals surface area contributed by atoms with Crippen LogP contribution in [0.1, 0.15) is 25.0 Å². The van der Waals surface area contributed by atoms with E-state index < -0.39 is 0 Å². The van der Waals surface area contributed by atoms with Crippen molar-refractivity contribution >= 4 is 11.0 Å². The number of aryl methyl sites for hydroxylation is 1. The summed E-state index contributed by atoms with van der Waals surface area (Å²) in [7, 11) is 1.94. The van der Waals surface area contributed by atoms with Gasteiger partial charge in [0.1, 0.15) is 5.65 Å². The average molecular weight is 283 g/mol. The highest BCUT2D eigenvalue weighted by Gasteiger charge is 2.10. The van der Waals surface area contributed by atoms with Crippen molar-refractivity contribution in [3.05, 3.63) is 48.0 Å². The van der Waals surface area contributed by atoms with Gasteiger partial charge < -0.3 is 9.88 Å². The molecule has 0 atom stereocenters. The fourth-order valence-electron chi connectivity index (χ4n) is 2.52. The third kappa shape index (κ3) is 2.97. The summed E-state index contributed by atoms with van der Waals surface area (Å²) in [4.78, 5) is 4.54. The minimum absolute atomic E-state index is 0.471. The lowest BCUT2D eigenvalue weighted by Crippen LogP contribution is -2.21. The molecule has 0 aliphatic rings. The maximum Gasteiger partial charge on any atom is 0.140 e. The van der Waals surface area contributed by atoms with Gasteiger partial charge in [0.05, 0.1) is 12.7 Å². The van der Waals surface area contributed by atoms with Gasteiger partial charge in [0.25, 0.3) is 0 Å². The molecule has 21 heavy (non-hydrogen) atoms. The molecule has 0 radical (unpaired) electrons. The summed E-state index contributed by atoms with van der Waals surface area (Å²) in [5, 5.41) is 8.92. The van der Waals surface area contributed by atoms with Crippen LogP contribution in [0.5, 0.6) is 0 Å². The molecule has 0 unspecified atom stereocenters. The average Bonchev–Trinajstić information content (AvgIpc) is 3.02. The van der Waals surface area contributed by atoms with Crippen molar-refractivity contribution in [3.63, 3.8) is 0 Å². The molecule has 0 fully saturated rings. The second kappa shape index (κ2) is 5.69. The summed E-state index contributed by atoms with van der Waals surface area (Å²) in [5.74, 6) is 0. The van der Waals surface area contributed by atoms with Gasteiger partial charge in [-0.15, -0.1) is 0 Å². The van der Waals surface area contributed by atoms with Crippen molar-refractivity contribution in [2.24, 2.45) is 7.05 Å². The third-order valence-corrected chi connectivity index (χ3v) is 3.53. The molecule has 0 aromatic carbocycles. The zero-order valence-electron chi connectivity index (χ0n) is 12.7. The van der Waals surface area contributed by atoms with E-state index >= 15 is 0 Å². The van der Waals surface area contributed by atoms with Crippen LogP contribution < -0.4 is 5.32 Å². The van der Waals surface area contributed by atoms with Crippen LogP contribution in [0, 0.1) is 0 Å². The Hall–Kier alpha value is -2.14. The number of hydrogen-bond acceptors (Lipinski definition) is 3. The fourth-order valence-corrected chi connectivity index (χ4v) is 2.52. The Morgan fingerprint density at radius 2 is 2.14 bits per heavy atom. The lowest BCUT2D eigenvalue weighted by atomic mass is 10.2. The summed E-state index contributed by atoms with van der Waals surface area (Å²) in [6, 6.07) is 4.60. The molecule has 110 valence electrons. The maximum absolute atomic E-state index is 4.54. The Morgan fingerprint density at radius 1 is 1.29 bits per heavy atom. The van der Waals surface area contributed by atoms with Gasteiger partial charge in [0, 0.05) is 49.2 Å². The standard InChI is InChI=1S/C16H21N5/c1-12(2)18-8-14-11-21(10-13-7-19-20(3)9-13)16-15(14)5-4-6-17-16/h4-7,9,11-12,18H,8,10H2,1-3H3. The first-order chi connectivity index (χ1) is 10.1. The number of aromatic nitrogens is 4. The topological polar surface area (TPSA) is 47.7 Å². The summed E-state index contributed by atoms with van der Waals surface area (Å²) >= 11 is 0. The minimum Gasteiger partial charge on any atom is -0.328 e. The van der Waals surface area contributed by atoms with E-state index in [4.69, 9.17) is 0 Å². The summed E-state index contributed by atoms with van der Waals surface area (Å²) in [6.07, 6.45) is 7.99. The van der Waals surface area contributed by atoms with E-state index in [2.05, 4.69) is 46.1 Å². The first kappa shape index (κ1) is 13.8. The molecule has 0 saturated heterocycles. The molecule has 0 saturated carbocycles. The highest BCUT2D eigenvalue weighted by molar-refractivity contribution is 5.80. The van der Waals surface area contributed by atoms with Crippen LogP contribution in [0.15, 0.2) is 36.9 Å². The molecule has 5 nitrogen and oxygen atoms in total. The number of nitrogens with one attached hydrogen (secondary N) is 1. The second-order valence-corrected chi connectivity index (χ2v) is 5.71. The highest BCUT2D eigenvalue weighted by Crippen LogP contribution is 2.20. The van der Waals surface area contributed by atoms with Crippen LogP contribution in [0.3, 0.4) is 0 Å². The minimum atomic E-state index is 0.471. The molecule has 0 aliphatic heterocycles. The molecule has 0 amide bonds. The number of fused-ring (bicyclic) bond motifs is 1. The van der Waals surface area contributed by atoms with Gasteiger partial charge in [0.15, 0.2) is 0 Å². The monoisotopic (exact) mass is 283 g/mol. The van der Waals surface area contributed by atoms with Gasteiger partial charge >= 0.3 is 0 Å². The molecule has 0 bridgehead atoms. The van der Waals surface area contributed by atoms with Crippen LogP contribution in [0.2, 0.25) is 0 Å². The zero-order chi connectivity index (χ0) is 14.8. The van der Waals surface area contributed by atoms with E-state index in [1.54, 1.807) is 0 Å². The maximum atomic E-state index is 4.54. The van der Waals surface area contributed by atoms with E-state index in [9.17, 15) is 0 Å². The predicted molar refractivity (Wildman–Crippen MR) is 84.0 cm³/mol. The molecule has 3 rings (SSSR count). The third-order valence-electron chi connectivity index (χ3n) is 3.53. The normalized spacial score (nSPS) is 11.6. The van der Waals surface area contributed by atoms with Crippen LogP contribution in [0.4, 0.5) is 0 Å². The van der Waals surface area contributed by atoms with Gasteiger partial charge in [-0.1, -0.05) is 13.8 Å². The van der Waals surface area contributed by atoms with Crippen molar-refractivity contribution in [1.82, 2.24) is 24.6 Å². The number of hydrogen-bond donors (Lipinski definition) is 1. The van der Waals surface area contributed by atoms with E-state index in [1.807, 2.05) is 36.4 Å². The van der Waals surface area contributed by atoms with Crippen molar-refractivity contribution in [3.8, 4) is 0 Å². The highest BCUT2D eigenvalue weighted by atomic mass is 15.2. The Morgan fingerprint density at radius 3 is 2.86 bits per heavy atom. The summed E-state index contributed by atoms with van der Waals surface area (Å²) in [5.41, 5.74) is 3.50. The zero-order valence-corrected chi connectivity index (χ0v) is 12.7. The van der Waals surface area contributed by atoms with Crippen LogP contribution in [0.25, 0.3) is 11.0 Å². The first-order valence-corrected chi connectivity index (χ1v) is 7.27. The van der Waals surface area contributed by atoms with Gasteiger partial charge in [0.2, 0.25) is 0 Å². The Bertz CT molecular complexity index is 738. The second-order valence-electron chi connectivity index (χ2n) is 5.71. The van der Waals surface area contributed by atoms with Crippen molar-refractivity contribution in [2.45, 2.75) is 33.0 Å². The predicted octanol–water partition coefficient (Wildman–Crippen LogP) is 2.32. The van der Waals surface area contributed by atoms with E-state index in [0.29, 0.717) is 6.04 Å². The smallest absolute Gasteiger partial charge is 0.140 e. The molecule has 1 N–H and O–H groups in total. The number of nitrogens with zero attached hydrogens (tertiary/aromatic N) is 4. The van der Waals surface area contributed by atoms with Crippen molar-refractivity contribution < 1.29 is 0 Å². The summed E-state index contributed by atoms with van der Waals surface area (Å²) in [6.45, 7) is 5.98. The Balaban J connectivity index is 1.94. The van der Waals surface area contributed by atoms with E-state index in [0.717, 1.165) is 18.7 Å². The van der Waals surface area contributed by atoms with Gasteiger partial charge in [-0.2, -0.15) is 5.10 Å². The lowest BCUT2D eigenvalue weighted by molar-refractivity contribution is 0.589.